The summed E-state index contributed by atoms with van der Waals surface area (Å²) >= 11 is 5.84. The van der Waals surface area contributed by atoms with Crippen LogP contribution in [0.3, 0.4) is 0 Å². The van der Waals surface area contributed by atoms with Gasteiger partial charge in [-0.25, -0.2) is 13.2 Å². The fourth-order valence-corrected chi connectivity index (χ4v) is 4.28. The number of hydrogen-bond acceptors (Lipinski definition) is 5. The van der Waals surface area contributed by atoms with Gasteiger partial charge in [0.1, 0.15) is 10.6 Å². The van der Waals surface area contributed by atoms with Gasteiger partial charge in [-0.15, -0.1) is 0 Å². The summed E-state index contributed by atoms with van der Waals surface area (Å²) in [5.74, 6) is -1.34. The fourth-order valence-electron chi connectivity index (χ4n) is 2.56. The van der Waals surface area contributed by atoms with E-state index in [1.807, 2.05) is 0 Å². The second kappa shape index (κ2) is 9.22. The SMILES string of the molecule is CCN(CC)S(=O)(=O)c1cc(C(=O)OCC(=O)Nc2cccc(Cl)c2)n(C)c1. The summed E-state index contributed by atoms with van der Waals surface area (Å²) in [6, 6.07) is 7.78. The number of rotatable bonds is 8. The summed E-state index contributed by atoms with van der Waals surface area (Å²) < 4.78 is 32.8. The van der Waals surface area contributed by atoms with Gasteiger partial charge in [-0.1, -0.05) is 31.5 Å². The molecule has 1 N–H and O–H groups in total. The number of benzene rings is 1. The molecular formula is C18H22ClN3O5S. The Labute approximate surface area is 169 Å². The molecule has 0 spiro atoms. The summed E-state index contributed by atoms with van der Waals surface area (Å²) in [6.07, 6.45) is 1.34. The monoisotopic (exact) mass is 427 g/mol. The van der Waals surface area contributed by atoms with Gasteiger partial charge < -0.3 is 14.6 Å². The number of ether oxygens (including phenoxy) is 1. The molecule has 0 aliphatic heterocycles. The van der Waals surface area contributed by atoms with Gasteiger partial charge >= 0.3 is 5.97 Å². The Morgan fingerprint density at radius 2 is 1.89 bits per heavy atom. The van der Waals surface area contributed by atoms with Crippen LogP contribution in [0.1, 0.15) is 24.3 Å². The molecule has 0 aliphatic rings. The summed E-state index contributed by atoms with van der Waals surface area (Å²) in [6.45, 7) is 3.58. The quantitative estimate of drug-likeness (QED) is 0.653. The summed E-state index contributed by atoms with van der Waals surface area (Å²) in [4.78, 5) is 24.2. The predicted octanol–water partition coefficient (Wildman–Crippen LogP) is 2.50. The highest BCUT2D eigenvalue weighted by molar-refractivity contribution is 7.89. The van der Waals surface area contributed by atoms with Crippen LogP contribution in [0.4, 0.5) is 5.69 Å². The third-order valence-corrected chi connectivity index (χ3v) is 6.23. The zero-order valence-electron chi connectivity index (χ0n) is 15.8. The highest BCUT2D eigenvalue weighted by Gasteiger charge is 2.26. The van der Waals surface area contributed by atoms with Crippen molar-refractivity contribution >= 4 is 39.2 Å². The van der Waals surface area contributed by atoms with E-state index in [9.17, 15) is 18.0 Å². The normalized spacial score (nSPS) is 11.5. The number of halogens is 1. The minimum absolute atomic E-state index is 0.00553. The lowest BCUT2D eigenvalue weighted by atomic mass is 10.3. The Kier molecular flexibility index (Phi) is 7.22. The first-order valence-corrected chi connectivity index (χ1v) is 10.4. The van der Waals surface area contributed by atoms with Crippen LogP contribution >= 0.6 is 11.6 Å². The maximum Gasteiger partial charge on any atom is 0.355 e. The van der Waals surface area contributed by atoms with E-state index in [-0.39, 0.29) is 10.6 Å². The molecule has 10 heteroatoms. The lowest BCUT2D eigenvalue weighted by molar-refractivity contribution is -0.119. The minimum Gasteiger partial charge on any atom is -0.451 e. The maximum absolute atomic E-state index is 12.6. The standard InChI is InChI=1S/C18H22ClN3O5S/c1-4-22(5-2)28(25,26)15-10-16(21(3)11-15)18(24)27-12-17(23)20-14-8-6-7-13(19)9-14/h6-11H,4-5,12H2,1-3H3,(H,20,23). The van der Waals surface area contributed by atoms with E-state index in [1.165, 1.54) is 28.2 Å². The number of anilines is 1. The van der Waals surface area contributed by atoms with E-state index in [0.29, 0.717) is 23.8 Å². The molecule has 1 heterocycles. The number of esters is 1. The zero-order valence-corrected chi connectivity index (χ0v) is 17.4. The van der Waals surface area contributed by atoms with Crippen molar-refractivity contribution in [1.82, 2.24) is 8.87 Å². The van der Waals surface area contributed by atoms with Crippen LogP contribution in [0.25, 0.3) is 0 Å². The predicted molar refractivity (Wildman–Crippen MR) is 106 cm³/mol. The van der Waals surface area contributed by atoms with Crippen molar-refractivity contribution in [3.8, 4) is 0 Å². The van der Waals surface area contributed by atoms with E-state index in [4.69, 9.17) is 16.3 Å². The van der Waals surface area contributed by atoms with Gasteiger partial charge in [0.15, 0.2) is 6.61 Å². The molecule has 0 saturated heterocycles. The molecule has 0 aliphatic carbocycles. The molecule has 1 amide bonds. The molecule has 0 unspecified atom stereocenters. The number of nitrogens with zero attached hydrogens (tertiary/aromatic N) is 2. The van der Waals surface area contributed by atoms with Crippen molar-refractivity contribution in [2.24, 2.45) is 7.05 Å². The average Bonchev–Trinajstić information content (AvgIpc) is 3.03. The van der Waals surface area contributed by atoms with E-state index in [2.05, 4.69) is 5.32 Å². The van der Waals surface area contributed by atoms with Crippen LogP contribution in [0.5, 0.6) is 0 Å². The maximum atomic E-state index is 12.6. The highest BCUT2D eigenvalue weighted by Crippen LogP contribution is 2.19. The molecule has 1 aromatic heterocycles. The minimum atomic E-state index is -3.70. The van der Waals surface area contributed by atoms with Crippen molar-refractivity contribution < 1.29 is 22.7 Å². The van der Waals surface area contributed by atoms with Crippen LogP contribution in [0.2, 0.25) is 5.02 Å². The van der Waals surface area contributed by atoms with Gasteiger partial charge in [-0.05, 0) is 24.3 Å². The van der Waals surface area contributed by atoms with Gasteiger partial charge in [0.2, 0.25) is 10.0 Å². The number of sulfonamides is 1. The summed E-state index contributed by atoms with van der Waals surface area (Å²) in [7, 11) is -2.17. The second-order valence-corrected chi connectivity index (χ2v) is 8.27. The number of aromatic nitrogens is 1. The van der Waals surface area contributed by atoms with Crippen molar-refractivity contribution in [2.45, 2.75) is 18.7 Å². The number of hydrogen-bond donors (Lipinski definition) is 1. The molecule has 28 heavy (non-hydrogen) atoms. The molecule has 2 rings (SSSR count). The third kappa shape index (κ3) is 5.12. The smallest absolute Gasteiger partial charge is 0.355 e. The average molecular weight is 428 g/mol. The van der Waals surface area contributed by atoms with E-state index in [1.54, 1.807) is 38.1 Å². The van der Waals surface area contributed by atoms with Crippen LogP contribution in [-0.4, -0.2) is 48.9 Å². The van der Waals surface area contributed by atoms with Gasteiger partial charge in [0.05, 0.1) is 0 Å². The number of nitrogens with one attached hydrogen (secondary N) is 1. The summed E-state index contributed by atoms with van der Waals surface area (Å²) in [5, 5.41) is 3.01. The van der Waals surface area contributed by atoms with Crippen LogP contribution in [-0.2, 0) is 26.6 Å². The van der Waals surface area contributed by atoms with E-state index >= 15 is 0 Å². The Hall–Kier alpha value is -2.36. The van der Waals surface area contributed by atoms with E-state index in [0.717, 1.165) is 0 Å². The largest absolute Gasteiger partial charge is 0.451 e. The topological polar surface area (TPSA) is 97.7 Å². The number of amides is 1. The molecule has 0 bridgehead atoms. The van der Waals surface area contributed by atoms with E-state index < -0.39 is 28.5 Å². The fraction of sp³-hybridized carbons (Fsp3) is 0.333. The van der Waals surface area contributed by atoms with Gasteiger partial charge in [0.25, 0.3) is 5.91 Å². The molecule has 0 saturated carbocycles. The number of aryl methyl sites for hydroxylation is 1. The van der Waals surface area contributed by atoms with Crippen LogP contribution in [0, 0.1) is 0 Å². The molecular weight excluding hydrogens is 406 g/mol. The molecule has 0 fully saturated rings. The van der Waals surface area contributed by atoms with Crippen molar-refractivity contribution in [3.05, 3.63) is 47.2 Å². The Morgan fingerprint density at radius 1 is 1.21 bits per heavy atom. The lowest BCUT2D eigenvalue weighted by Gasteiger charge is -2.17. The number of carbonyl (C=O) groups excluding carboxylic acids is 2. The van der Waals surface area contributed by atoms with Crippen molar-refractivity contribution in [1.29, 1.82) is 0 Å². The zero-order chi connectivity index (χ0) is 20.9. The van der Waals surface area contributed by atoms with Gasteiger partial charge in [-0.2, -0.15) is 4.31 Å². The Morgan fingerprint density at radius 3 is 2.50 bits per heavy atom. The van der Waals surface area contributed by atoms with Crippen molar-refractivity contribution in [3.63, 3.8) is 0 Å². The highest BCUT2D eigenvalue weighted by atomic mass is 35.5. The van der Waals surface area contributed by atoms with Gasteiger partial charge in [0, 0.05) is 37.0 Å². The van der Waals surface area contributed by atoms with Crippen LogP contribution < -0.4 is 5.32 Å². The molecule has 1 aromatic carbocycles. The summed E-state index contributed by atoms with van der Waals surface area (Å²) in [5.41, 5.74) is 0.501. The number of carbonyl (C=O) groups is 2. The molecule has 8 nitrogen and oxygen atoms in total. The van der Waals surface area contributed by atoms with Crippen LogP contribution in [0.15, 0.2) is 41.4 Å². The Balaban J connectivity index is 2.05. The first kappa shape index (κ1) is 21.9. The lowest BCUT2D eigenvalue weighted by Crippen LogP contribution is -2.30. The first-order valence-electron chi connectivity index (χ1n) is 8.58. The Bertz CT molecular complexity index is 967. The van der Waals surface area contributed by atoms with Gasteiger partial charge in [-0.3, -0.25) is 4.79 Å². The molecule has 2 aromatic rings. The molecule has 152 valence electrons. The molecule has 0 radical (unpaired) electrons. The molecule has 0 atom stereocenters. The third-order valence-electron chi connectivity index (χ3n) is 3.97. The first-order chi connectivity index (χ1) is 13.2. The van der Waals surface area contributed by atoms with Crippen molar-refractivity contribution in [2.75, 3.05) is 25.0 Å². The second-order valence-electron chi connectivity index (χ2n) is 5.90.